The Kier molecular flexibility index (Phi) is 4.12. The van der Waals surface area contributed by atoms with Gasteiger partial charge in [-0.2, -0.15) is 0 Å². The van der Waals surface area contributed by atoms with E-state index in [9.17, 15) is 15.0 Å². The molecule has 2 saturated heterocycles. The molecule has 114 valence electrons. The van der Waals surface area contributed by atoms with Gasteiger partial charge in [-0.1, -0.05) is 6.42 Å². The van der Waals surface area contributed by atoms with E-state index in [0.717, 1.165) is 19.6 Å². The lowest BCUT2D eigenvalue weighted by Gasteiger charge is -2.43. The molecule has 5 nitrogen and oxygen atoms in total. The standard InChI is InChI=1S/C16H22N2O3/c19-14-5-4-12(9-15(14)20)16(21)11-17-7-8-18-6-2-1-3-13(18)10-17/h4-5,9,13,19-20H,1-3,6-8,10-11H2. The minimum atomic E-state index is -0.238. The van der Waals surface area contributed by atoms with Crippen molar-refractivity contribution >= 4 is 5.78 Å². The van der Waals surface area contributed by atoms with E-state index in [0.29, 0.717) is 18.2 Å². The summed E-state index contributed by atoms with van der Waals surface area (Å²) in [5.74, 6) is -0.435. The van der Waals surface area contributed by atoms with Gasteiger partial charge in [0.25, 0.3) is 0 Å². The lowest BCUT2D eigenvalue weighted by Crippen LogP contribution is -2.55. The van der Waals surface area contributed by atoms with Crippen LogP contribution in [0.3, 0.4) is 0 Å². The molecule has 0 aromatic heterocycles. The van der Waals surface area contributed by atoms with Crippen molar-refractivity contribution in [3.8, 4) is 11.5 Å². The summed E-state index contributed by atoms with van der Waals surface area (Å²) in [4.78, 5) is 17.0. The molecule has 2 N–H and O–H groups in total. The first-order chi connectivity index (χ1) is 10.1. The predicted molar refractivity (Wildman–Crippen MR) is 79.8 cm³/mol. The van der Waals surface area contributed by atoms with Crippen LogP contribution < -0.4 is 0 Å². The number of hydrogen-bond donors (Lipinski definition) is 2. The van der Waals surface area contributed by atoms with Gasteiger partial charge in [-0.15, -0.1) is 0 Å². The average molecular weight is 290 g/mol. The Hall–Kier alpha value is -1.59. The fourth-order valence-corrected chi connectivity index (χ4v) is 3.36. The molecule has 21 heavy (non-hydrogen) atoms. The number of hydrogen-bond acceptors (Lipinski definition) is 5. The molecule has 0 spiro atoms. The van der Waals surface area contributed by atoms with E-state index in [1.165, 1.54) is 37.9 Å². The number of carbonyl (C=O) groups excluding carboxylic acids is 1. The Labute approximate surface area is 124 Å². The van der Waals surface area contributed by atoms with Crippen LogP contribution in [0.5, 0.6) is 11.5 Å². The molecule has 0 amide bonds. The Morgan fingerprint density at radius 3 is 2.81 bits per heavy atom. The van der Waals surface area contributed by atoms with Gasteiger partial charge < -0.3 is 10.2 Å². The first kappa shape index (κ1) is 14.4. The molecule has 0 aliphatic carbocycles. The Morgan fingerprint density at radius 1 is 1.14 bits per heavy atom. The molecule has 1 unspecified atom stereocenters. The van der Waals surface area contributed by atoms with Crippen LogP contribution in [0.4, 0.5) is 0 Å². The zero-order chi connectivity index (χ0) is 14.8. The van der Waals surface area contributed by atoms with Crippen LogP contribution in [-0.2, 0) is 0 Å². The van der Waals surface area contributed by atoms with E-state index in [2.05, 4.69) is 9.80 Å². The molecule has 0 saturated carbocycles. The quantitative estimate of drug-likeness (QED) is 0.651. The predicted octanol–water partition coefficient (Wildman–Crippen LogP) is 1.45. The molecule has 0 bridgehead atoms. The van der Waals surface area contributed by atoms with E-state index in [1.54, 1.807) is 6.07 Å². The molecule has 3 rings (SSSR count). The van der Waals surface area contributed by atoms with Gasteiger partial charge in [-0.25, -0.2) is 0 Å². The first-order valence-electron chi connectivity index (χ1n) is 7.65. The molecule has 2 aliphatic heterocycles. The number of phenols is 2. The van der Waals surface area contributed by atoms with Gasteiger partial charge in [0.1, 0.15) is 0 Å². The molecule has 2 heterocycles. The summed E-state index contributed by atoms with van der Waals surface area (Å²) in [6, 6.07) is 4.86. The monoisotopic (exact) mass is 290 g/mol. The lowest BCUT2D eigenvalue weighted by atomic mass is 9.99. The van der Waals surface area contributed by atoms with Gasteiger partial charge in [0.2, 0.25) is 0 Å². The summed E-state index contributed by atoms with van der Waals surface area (Å²) in [6.45, 7) is 4.49. The number of aromatic hydroxyl groups is 2. The van der Waals surface area contributed by atoms with Gasteiger partial charge in [0, 0.05) is 31.2 Å². The second-order valence-electron chi connectivity index (χ2n) is 6.05. The number of ketones is 1. The van der Waals surface area contributed by atoms with Crippen molar-refractivity contribution in [3.05, 3.63) is 23.8 Å². The Bertz CT molecular complexity index is 532. The third-order valence-corrected chi connectivity index (χ3v) is 4.59. The molecule has 2 aliphatic rings. The van der Waals surface area contributed by atoms with Crippen LogP contribution in [0.25, 0.3) is 0 Å². The molecule has 2 fully saturated rings. The van der Waals surface area contributed by atoms with Crippen LogP contribution in [-0.4, -0.2) is 64.6 Å². The third kappa shape index (κ3) is 3.19. The fourth-order valence-electron chi connectivity index (χ4n) is 3.36. The number of piperidine rings is 1. The largest absolute Gasteiger partial charge is 0.504 e. The van der Waals surface area contributed by atoms with Gasteiger partial charge in [0.05, 0.1) is 6.54 Å². The van der Waals surface area contributed by atoms with Crippen LogP contribution in [0.2, 0.25) is 0 Å². The van der Waals surface area contributed by atoms with Crippen molar-refractivity contribution in [2.45, 2.75) is 25.3 Å². The summed E-state index contributed by atoms with van der Waals surface area (Å²) in [7, 11) is 0. The number of carbonyl (C=O) groups is 1. The van der Waals surface area contributed by atoms with Crippen LogP contribution in [0.15, 0.2) is 18.2 Å². The van der Waals surface area contributed by atoms with Crippen molar-refractivity contribution in [1.29, 1.82) is 0 Å². The van der Waals surface area contributed by atoms with Crippen LogP contribution in [0.1, 0.15) is 29.6 Å². The van der Waals surface area contributed by atoms with E-state index in [4.69, 9.17) is 0 Å². The van der Waals surface area contributed by atoms with Crippen LogP contribution >= 0.6 is 0 Å². The summed E-state index contributed by atoms with van der Waals surface area (Å²) in [5, 5.41) is 18.8. The first-order valence-corrected chi connectivity index (χ1v) is 7.65. The highest BCUT2D eigenvalue weighted by Crippen LogP contribution is 2.25. The highest BCUT2D eigenvalue weighted by atomic mass is 16.3. The van der Waals surface area contributed by atoms with Gasteiger partial charge in [0.15, 0.2) is 17.3 Å². The average Bonchev–Trinajstić information content (AvgIpc) is 2.50. The van der Waals surface area contributed by atoms with E-state index < -0.39 is 0 Å². The molecule has 1 atom stereocenters. The van der Waals surface area contributed by atoms with E-state index >= 15 is 0 Å². The van der Waals surface area contributed by atoms with Gasteiger partial charge in [-0.05, 0) is 37.6 Å². The van der Waals surface area contributed by atoms with Crippen molar-refractivity contribution in [2.75, 3.05) is 32.7 Å². The molecule has 5 heteroatoms. The maximum absolute atomic E-state index is 12.3. The van der Waals surface area contributed by atoms with Crippen molar-refractivity contribution in [2.24, 2.45) is 0 Å². The highest BCUT2D eigenvalue weighted by Gasteiger charge is 2.29. The number of nitrogens with zero attached hydrogens (tertiary/aromatic N) is 2. The van der Waals surface area contributed by atoms with Gasteiger partial charge >= 0.3 is 0 Å². The number of fused-ring (bicyclic) bond motifs is 1. The summed E-state index contributed by atoms with van der Waals surface area (Å²) < 4.78 is 0. The van der Waals surface area contributed by atoms with Crippen molar-refractivity contribution < 1.29 is 15.0 Å². The maximum atomic E-state index is 12.3. The normalized spacial score (nSPS) is 23.7. The fraction of sp³-hybridized carbons (Fsp3) is 0.562. The summed E-state index contributed by atoms with van der Waals surface area (Å²) in [6.07, 6.45) is 3.81. The maximum Gasteiger partial charge on any atom is 0.176 e. The third-order valence-electron chi connectivity index (χ3n) is 4.59. The second-order valence-corrected chi connectivity index (χ2v) is 6.05. The van der Waals surface area contributed by atoms with Crippen LogP contribution in [0, 0.1) is 0 Å². The number of phenolic OH excluding ortho intramolecular Hbond substituents is 2. The van der Waals surface area contributed by atoms with Crippen molar-refractivity contribution in [3.63, 3.8) is 0 Å². The molecule has 0 radical (unpaired) electrons. The van der Waals surface area contributed by atoms with Gasteiger partial charge in [-0.3, -0.25) is 14.6 Å². The van der Waals surface area contributed by atoms with E-state index in [1.807, 2.05) is 0 Å². The minimum absolute atomic E-state index is 0.00504. The smallest absolute Gasteiger partial charge is 0.176 e. The SMILES string of the molecule is O=C(CN1CCN2CCCCC2C1)c1ccc(O)c(O)c1. The number of rotatable bonds is 3. The second kappa shape index (κ2) is 6.03. The number of Topliss-reactive ketones (excluding diaryl/α,β-unsaturated/α-hetero) is 1. The molecular weight excluding hydrogens is 268 g/mol. The van der Waals surface area contributed by atoms with E-state index in [-0.39, 0.29) is 17.3 Å². The number of piperazine rings is 1. The molecular formula is C16H22N2O3. The lowest BCUT2D eigenvalue weighted by molar-refractivity contribution is 0.0469. The van der Waals surface area contributed by atoms with Crippen molar-refractivity contribution in [1.82, 2.24) is 9.80 Å². The molecule has 1 aromatic carbocycles. The minimum Gasteiger partial charge on any atom is -0.504 e. The topological polar surface area (TPSA) is 64.0 Å². The number of benzene rings is 1. The Balaban J connectivity index is 1.61. The summed E-state index contributed by atoms with van der Waals surface area (Å²) >= 11 is 0. The Morgan fingerprint density at radius 2 is 2.00 bits per heavy atom. The summed E-state index contributed by atoms with van der Waals surface area (Å²) in [5.41, 5.74) is 0.455. The zero-order valence-corrected chi connectivity index (χ0v) is 12.2. The molecule has 1 aromatic rings. The zero-order valence-electron chi connectivity index (χ0n) is 12.2. The highest BCUT2D eigenvalue weighted by molar-refractivity contribution is 5.98.